The lowest BCUT2D eigenvalue weighted by Gasteiger charge is -1.64. The van der Waals surface area contributed by atoms with Crippen molar-refractivity contribution in [3.8, 4) is 0 Å². The SMILES string of the molecule is [B]C/C=C/[Si]. The van der Waals surface area contributed by atoms with E-state index >= 15 is 0 Å². The predicted octanol–water partition coefficient (Wildman–Crippen LogP) is 0.255. The summed E-state index contributed by atoms with van der Waals surface area (Å²) >= 11 is 0. The maximum atomic E-state index is 5.02. The largest absolute Gasteiger partial charge is 0.107 e. The molecule has 0 nitrogen and oxygen atoms in total. The molecule has 0 amide bonds. The summed E-state index contributed by atoms with van der Waals surface area (Å²) in [5, 5.41) is 0. The van der Waals surface area contributed by atoms with Crippen molar-refractivity contribution >= 4 is 18.1 Å². The summed E-state index contributed by atoms with van der Waals surface area (Å²) in [5.41, 5.74) is 1.74. The van der Waals surface area contributed by atoms with Gasteiger partial charge in [-0.05, 0) is 0 Å². The number of allylic oxidation sites excluding steroid dienone is 1. The van der Waals surface area contributed by atoms with E-state index in [2.05, 4.69) is 10.2 Å². The third kappa shape index (κ3) is 4.02. The van der Waals surface area contributed by atoms with Crippen LogP contribution in [-0.2, 0) is 0 Å². The van der Waals surface area contributed by atoms with Gasteiger partial charge >= 0.3 is 0 Å². The second-order valence-electron chi connectivity index (χ2n) is 0.638. The molecule has 0 saturated carbocycles. The molecule has 0 rings (SSSR count). The fourth-order valence-electron chi connectivity index (χ4n) is 0.0680. The Kier molecular flexibility index (Phi) is 4.04. The van der Waals surface area contributed by atoms with Crippen LogP contribution in [0, 0.1) is 0 Å². The standard InChI is InChI=1S/C3H4BSi/c4-2-1-3-5/h1,3H,2H2/b3-1+. The van der Waals surface area contributed by atoms with Gasteiger partial charge in [0.1, 0.15) is 0 Å². The zero-order valence-electron chi connectivity index (χ0n) is 2.94. The molecule has 23 valence electrons. The summed E-state index contributed by atoms with van der Waals surface area (Å²) in [4.78, 5) is 0. The van der Waals surface area contributed by atoms with Crippen LogP contribution < -0.4 is 0 Å². The lowest BCUT2D eigenvalue weighted by molar-refractivity contribution is 1.75. The van der Waals surface area contributed by atoms with Crippen LogP contribution in [0.15, 0.2) is 11.8 Å². The molecule has 0 aliphatic rings. The Balaban J connectivity index is 2.62. The van der Waals surface area contributed by atoms with Crippen LogP contribution in [-0.4, -0.2) is 18.1 Å². The second kappa shape index (κ2) is 4.02. The van der Waals surface area contributed by atoms with Crippen LogP contribution in [0.1, 0.15) is 0 Å². The molecule has 0 heterocycles. The van der Waals surface area contributed by atoms with Gasteiger partial charge in [-0.1, -0.05) is 6.32 Å². The van der Waals surface area contributed by atoms with Gasteiger partial charge in [-0.3, -0.25) is 0 Å². The minimum absolute atomic E-state index is 0.615. The van der Waals surface area contributed by atoms with Gasteiger partial charge in [0.25, 0.3) is 0 Å². The first-order chi connectivity index (χ1) is 2.41. The molecule has 0 N–H and O–H groups in total. The van der Waals surface area contributed by atoms with E-state index in [1.807, 2.05) is 6.08 Å². The van der Waals surface area contributed by atoms with E-state index < -0.39 is 0 Å². The van der Waals surface area contributed by atoms with E-state index in [-0.39, 0.29) is 0 Å². The third-order valence-corrected chi connectivity index (χ3v) is 0.490. The van der Waals surface area contributed by atoms with Crippen molar-refractivity contribution in [1.29, 1.82) is 0 Å². The first-order valence-corrected chi connectivity index (χ1v) is 2.02. The van der Waals surface area contributed by atoms with Gasteiger partial charge in [0, 0.05) is 0 Å². The minimum Gasteiger partial charge on any atom is -0.107 e. The molecule has 0 unspecified atom stereocenters. The molecule has 0 bridgehead atoms. The molecule has 0 atom stereocenters. The van der Waals surface area contributed by atoms with Crippen molar-refractivity contribution in [1.82, 2.24) is 0 Å². The Bertz CT molecular complexity index is 33.9. The molecular weight excluding hydrogens is 74.9 g/mol. The first kappa shape index (κ1) is 5.02. The van der Waals surface area contributed by atoms with E-state index in [4.69, 9.17) is 7.85 Å². The van der Waals surface area contributed by atoms with Crippen molar-refractivity contribution in [2.45, 2.75) is 6.32 Å². The summed E-state index contributed by atoms with van der Waals surface area (Å²) in [7, 11) is 8.11. The van der Waals surface area contributed by atoms with Crippen LogP contribution >= 0.6 is 0 Å². The van der Waals surface area contributed by atoms with Gasteiger partial charge in [-0.15, -0.1) is 11.8 Å². The van der Waals surface area contributed by atoms with Crippen molar-refractivity contribution < 1.29 is 0 Å². The Morgan fingerprint density at radius 2 is 2.40 bits per heavy atom. The summed E-state index contributed by atoms with van der Waals surface area (Å²) in [6.45, 7) is 0. The Hall–Kier alpha value is 0.0218. The molecule has 0 aromatic heterocycles. The van der Waals surface area contributed by atoms with E-state index in [1.54, 1.807) is 5.70 Å². The fourth-order valence-corrected chi connectivity index (χ4v) is 0.204. The normalized spacial score (nSPS) is 9.80. The Labute approximate surface area is 37.1 Å². The van der Waals surface area contributed by atoms with Gasteiger partial charge in [-0.2, -0.15) is 0 Å². The van der Waals surface area contributed by atoms with Gasteiger partial charge in [-0.25, -0.2) is 0 Å². The second-order valence-corrected chi connectivity index (χ2v) is 0.971. The Morgan fingerprint density at radius 1 is 1.80 bits per heavy atom. The number of hydrogen-bond donors (Lipinski definition) is 0. The molecule has 0 aromatic carbocycles. The molecule has 2 heteroatoms. The van der Waals surface area contributed by atoms with Gasteiger partial charge < -0.3 is 0 Å². The van der Waals surface area contributed by atoms with Crippen molar-refractivity contribution in [3.05, 3.63) is 11.8 Å². The minimum atomic E-state index is 0.615. The smallest absolute Gasteiger partial charge is 0.0708 e. The molecule has 0 aromatic rings. The maximum absolute atomic E-state index is 5.02. The average molecular weight is 79.0 g/mol. The maximum Gasteiger partial charge on any atom is 0.0708 e. The topological polar surface area (TPSA) is 0 Å². The van der Waals surface area contributed by atoms with E-state index in [1.165, 1.54) is 0 Å². The van der Waals surface area contributed by atoms with Crippen LogP contribution in [0.25, 0.3) is 0 Å². The highest BCUT2D eigenvalue weighted by Crippen LogP contribution is 1.67. The molecule has 0 spiro atoms. The predicted molar refractivity (Wildman–Crippen MR) is 25.5 cm³/mol. The fraction of sp³-hybridized carbons (Fsp3) is 0.333. The van der Waals surface area contributed by atoms with Crippen molar-refractivity contribution in [3.63, 3.8) is 0 Å². The van der Waals surface area contributed by atoms with E-state index in [0.717, 1.165) is 0 Å². The summed E-state index contributed by atoms with van der Waals surface area (Å²) in [6.07, 6.45) is 2.43. The monoisotopic (exact) mass is 79.0 g/mol. The first-order valence-electron chi connectivity index (χ1n) is 1.44. The van der Waals surface area contributed by atoms with Crippen LogP contribution in [0.3, 0.4) is 0 Å². The van der Waals surface area contributed by atoms with Gasteiger partial charge in [0.05, 0.1) is 18.1 Å². The number of hydrogen-bond acceptors (Lipinski definition) is 0. The molecule has 5 heavy (non-hydrogen) atoms. The quantitative estimate of drug-likeness (QED) is 0.395. The highest BCUT2D eigenvalue weighted by Gasteiger charge is 1.53. The highest BCUT2D eigenvalue weighted by molar-refractivity contribution is 6.18. The lowest BCUT2D eigenvalue weighted by atomic mass is 10.1. The zero-order valence-corrected chi connectivity index (χ0v) is 3.94. The zero-order chi connectivity index (χ0) is 4.12. The van der Waals surface area contributed by atoms with Crippen LogP contribution in [0.4, 0.5) is 0 Å². The molecule has 5 radical (unpaired) electrons. The molecule has 0 aliphatic carbocycles. The summed E-state index contributed by atoms with van der Waals surface area (Å²) < 4.78 is 0. The lowest BCUT2D eigenvalue weighted by Crippen LogP contribution is -1.55. The van der Waals surface area contributed by atoms with Crippen LogP contribution in [0.5, 0.6) is 0 Å². The van der Waals surface area contributed by atoms with Crippen molar-refractivity contribution in [2.75, 3.05) is 0 Å². The van der Waals surface area contributed by atoms with E-state index in [9.17, 15) is 0 Å². The Morgan fingerprint density at radius 3 is 2.40 bits per heavy atom. The highest BCUT2D eigenvalue weighted by atomic mass is 28.1. The number of rotatable bonds is 1. The summed E-state index contributed by atoms with van der Waals surface area (Å²) in [5.74, 6) is 0. The van der Waals surface area contributed by atoms with Gasteiger partial charge in [0.15, 0.2) is 0 Å². The molecule has 0 aliphatic heterocycles. The summed E-state index contributed by atoms with van der Waals surface area (Å²) in [6, 6.07) is 0. The van der Waals surface area contributed by atoms with E-state index in [0.29, 0.717) is 6.32 Å². The van der Waals surface area contributed by atoms with Crippen molar-refractivity contribution in [2.24, 2.45) is 0 Å². The third-order valence-electron chi connectivity index (χ3n) is 0.254. The molecule has 0 saturated heterocycles. The van der Waals surface area contributed by atoms with Gasteiger partial charge in [0.2, 0.25) is 0 Å². The van der Waals surface area contributed by atoms with Crippen LogP contribution in [0.2, 0.25) is 6.32 Å². The molecule has 0 fully saturated rings. The molecular formula is C3H4BSi. The average Bonchev–Trinajstić information content (AvgIpc) is 1.41.